The van der Waals surface area contributed by atoms with Gasteiger partial charge in [-0.15, -0.1) is 0 Å². The first-order chi connectivity index (χ1) is 8.79. The average molecular weight is 240 g/mol. The number of nitrogen functional groups attached to an aromatic ring is 1. The van der Waals surface area contributed by atoms with Crippen molar-refractivity contribution in [1.82, 2.24) is 9.55 Å². The Morgan fingerprint density at radius 1 is 1.44 bits per heavy atom. The van der Waals surface area contributed by atoms with Crippen molar-refractivity contribution >= 4 is 17.0 Å². The largest absolute Gasteiger partial charge is 0.369 e. The van der Waals surface area contributed by atoms with E-state index in [1.54, 1.807) is 6.07 Å². The fourth-order valence-electron chi connectivity index (χ4n) is 2.58. The number of imidazole rings is 1. The fourth-order valence-corrected chi connectivity index (χ4v) is 2.58. The molecule has 2 aromatic rings. The van der Waals surface area contributed by atoms with Crippen molar-refractivity contribution in [2.45, 2.75) is 32.2 Å². The summed E-state index contributed by atoms with van der Waals surface area (Å²) in [7, 11) is 0. The SMILES string of the molecule is N#Cc1cccc2c1nc(N)n2CCC1CCC1. The third-order valence-electron chi connectivity index (χ3n) is 3.91. The van der Waals surface area contributed by atoms with E-state index in [0.29, 0.717) is 11.5 Å². The third kappa shape index (κ3) is 1.72. The maximum atomic E-state index is 9.06. The molecule has 1 aliphatic rings. The molecular weight excluding hydrogens is 224 g/mol. The molecule has 0 bridgehead atoms. The number of para-hydroxylation sites is 1. The second kappa shape index (κ2) is 4.34. The summed E-state index contributed by atoms with van der Waals surface area (Å²) in [6, 6.07) is 7.83. The molecule has 1 saturated carbocycles. The van der Waals surface area contributed by atoms with E-state index < -0.39 is 0 Å². The second-order valence-corrected chi connectivity index (χ2v) is 4.99. The van der Waals surface area contributed by atoms with Crippen molar-refractivity contribution < 1.29 is 0 Å². The van der Waals surface area contributed by atoms with Gasteiger partial charge in [0.25, 0.3) is 0 Å². The molecule has 1 aliphatic carbocycles. The number of nitriles is 1. The minimum absolute atomic E-state index is 0.520. The quantitative estimate of drug-likeness (QED) is 0.896. The zero-order valence-corrected chi connectivity index (χ0v) is 10.3. The molecule has 1 fully saturated rings. The van der Waals surface area contributed by atoms with Crippen LogP contribution in [0.5, 0.6) is 0 Å². The van der Waals surface area contributed by atoms with Gasteiger partial charge in [-0.05, 0) is 24.5 Å². The first-order valence-electron chi connectivity index (χ1n) is 6.44. The van der Waals surface area contributed by atoms with Gasteiger partial charge in [0, 0.05) is 6.54 Å². The van der Waals surface area contributed by atoms with Gasteiger partial charge in [0.2, 0.25) is 5.95 Å². The Labute approximate surface area is 106 Å². The van der Waals surface area contributed by atoms with E-state index in [2.05, 4.69) is 11.1 Å². The molecule has 0 aliphatic heterocycles. The van der Waals surface area contributed by atoms with Crippen molar-refractivity contribution in [3.8, 4) is 6.07 Å². The normalized spacial score (nSPS) is 15.5. The number of hydrogen-bond acceptors (Lipinski definition) is 3. The predicted molar refractivity (Wildman–Crippen MR) is 70.8 cm³/mol. The zero-order valence-electron chi connectivity index (χ0n) is 10.3. The Bertz CT molecular complexity index is 616. The van der Waals surface area contributed by atoms with Gasteiger partial charge in [-0.1, -0.05) is 25.3 Å². The Morgan fingerprint density at radius 3 is 2.94 bits per heavy atom. The molecule has 4 heteroatoms. The first kappa shape index (κ1) is 11.1. The molecule has 0 saturated heterocycles. The van der Waals surface area contributed by atoms with E-state index in [4.69, 9.17) is 11.0 Å². The van der Waals surface area contributed by atoms with Crippen molar-refractivity contribution in [2.24, 2.45) is 5.92 Å². The Hall–Kier alpha value is -2.02. The molecule has 1 aromatic carbocycles. The summed E-state index contributed by atoms with van der Waals surface area (Å²) in [5.41, 5.74) is 8.27. The maximum Gasteiger partial charge on any atom is 0.201 e. The molecule has 0 radical (unpaired) electrons. The Morgan fingerprint density at radius 2 is 2.28 bits per heavy atom. The maximum absolute atomic E-state index is 9.06. The monoisotopic (exact) mass is 240 g/mol. The number of aromatic nitrogens is 2. The highest BCUT2D eigenvalue weighted by Crippen LogP contribution is 2.31. The summed E-state index contributed by atoms with van der Waals surface area (Å²) >= 11 is 0. The van der Waals surface area contributed by atoms with Crippen LogP contribution in [-0.2, 0) is 6.54 Å². The molecule has 18 heavy (non-hydrogen) atoms. The van der Waals surface area contributed by atoms with Gasteiger partial charge < -0.3 is 10.3 Å². The smallest absolute Gasteiger partial charge is 0.201 e. The molecular formula is C14H16N4. The number of rotatable bonds is 3. The van der Waals surface area contributed by atoms with Crippen LogP contribution < -0.4 is 5.73 Å². The van der Waals surface area contributed by atoms with E-state index in [1.807, 2.05) is 16.7 Å². The molecule has 3 rings (SSSR count). The van der Waals surface area contributed by atoms with Crippen LogP contribution in [0.2, 0.25) is 0 Å². The van der Waals surface area contributed by atoms with Gasteiger partial charge in [-0.3, -0.25) is 0 Å². The highest BCUT2D eigenvalue weighted by molar-refractivity contribution is 5.83. The number of nitrogens with two attached hydrogens (primary N) is 1. The highest BCUT2D eigenvalue weighted by atomic mass is 15.1. The third-order valence-corrected chi connectivity index (χ3v) is 3.91. The minimum Gasteiger partial charge on any atom is -0.369 e. The van der Waals surface area contributed by atoms with Gasteiger partial charge >= 0.3 is 0 Å². The van der Waals surface area contributed by atoms with E-state index in [0.717, 1.165) is 29.9 Å². The lowest BCUT2D eigenvalue weighted by atomic mass is 9.83. The molecule has 2 N–H and O–H groups in total. The molecule has 1 aromatic heterocycles. The summed E-state index contributed by atoms with van der Waals surface area (Å²) in [5.74, 6) is 1.37. The van der Waals surface area contributed by atoms with Crippen LogP contribution in [0, 0.1) is 17.2 Å². The second-order valence-electron chi connectivity index (χ2n) is 4.99. The number of fused-ring (bicyclic) bond motifs is 1. The van der Waals surface area contributed by atoms with Gasteiger partial charge in [-0.2, -0.15) is 5.26 Å². The van der Waals surface area contributed by atoms with Gasteiger partial charge in [0.15, 0.2) is 0 Å². The van der Waals surface area contributed by atoms with Crippen molar-refractivity contribution in [3.63, 3.8) is 0 Å². The highest BCUT2D eigenvalue weighted by Gasteiger charge is 2.18. The minimum atomic E-state index is 0.520. The summed E-state index contributed by atoms with van der Waals surface area (Å²) in [6.07, 6.45) is 5.21. The van der Waals surface area contributed by atoms with Crippen LogP contribution >= 0.6 is 0 Å². The van der Waals surface area contributed by atoms with Gasteiger partial charge in [0.1, 0.15) is 11.6 Å². The van der Waals surface area contributed by atoms with E-state index in [9.17, 15) is 0 Å². The number of aryl methyl sites for hydroxylation is 1. The van der Waals surface area contributed by atoms with Crippen LogP contribution in [0.3, 0.4) is 0 Å². The van der Waals surface area contributed by atoms with Gasteiger partial charge in [-0.25, -0.2) is 4.98 Å². The Balaban J connectivity index is 1.95. The van der Waals surface area contributed by atoms with Crippen LogP contribution in [0.15, 0.2) is 18.2 Å². The van der Waals surface area contributed by atoms with Gasteiger partial charge in [0.05, 0.1) is 11.1 Å². The summed E-state index contributed by atoms with van der Waals surface area (Å²) in [6.45, 7) is 0.905. The number of hydrogen-bond donors (Lipinski definition) is 1. The molecule has 0 amide bonds. The fraction of sp³-hybridized carbons (Fsp3) is 0.429. The Kier molecular flexibility index (Phi) is 2.67. The number of benzene rings is 1. The lowest BCUT2D eigenvalue weighted by molar-refractivity contribution is 0.284. The number of anilines is 1. The van der Waals surface area contributed by atoms with Crippen molar-refractivity contribution in [3.05, 3.63) is 23.8 Å². The first-order valence-corrected chi connectivity index (χ1v) is 6.44. The predicted octanol–water partition coefficient (Wildman–Crippen LogP) is 2.68. The standard InChI is InChI=1S/C14H16N4/c15-9-11-5-2-6-12-13(11)17-14(16)18(12)8-7-10-3-1-4-10/h2,5-6,10H,1,3-4,7-8H2,(H2,16,17). The van der Waals surface area contributed by atoms with E-state index in [1.165, 1.54) is 19.3 Å². The molecule has 0 atom stereocenters. The summed E-state index contributed by atoms with van der Waals surface area (Å²) in [5, 5.41) is 9.06. The van der Waals surface area contributed by atoms with E-state index in [-0.39, 0.29) is 0 Å². The topological polar surface area (TPSA) is 67.6 Å². The zero-order chi connectivity index (χ0) is 12.5. The van der Waals surface area contributed by atoms with Crippen molar-refractivity contribution in [2.75, 3.05) is 5.73 Å². The summed E-state index contributed by atoms with van der Waals surface area (Å²) in [4.78, 5) is 4.32. The lowest BCUT2D eigenvalue weighted by Crippen LogP contribution is -2.14. The molecule has 92 valence electrons. The van der Waals surface area contributed by atoms with E-state index >= 15 is 0 Å². The molecule has 4 nitrogen and oxygen atoms in total. The molecule has 0 spiro atoms. The summed E-state index contributed by atoms with van der Waals surface area (Å²) < 4.78 is 2.04. The number of nitrogens with zero attached hydrogens (tertiary/aromatic N) is 3. The average Bonchev–Trinajstić information content (AvgIpc) is 2.64. The van der Waals surface area contributed by atoms with Crippen LogP contribution in [0.1, 0.15) is 31.2 Å². The van der Waals surface area contributed by atoms with Crippen LogP contribution in [0.25, 0.3) is 11.0 Å². The molecule has 1 heterocycles. The lowest BCUT2D eigenvalue weighted by Gasteiger charge is -2.25. The van der Waals surface area contributed by atoms with Crippen LogP contribution in [-0.4, -0.2) is 9.55 Å². The van der Waals surface area contributed by atoms with Crippen LogP contribution in [0.4, 0.5) is 5.95 Å². The molecule has 0 unspecified atom stereocenters. The van der Waals surface area contributed by atoms with Crippen molar-refractivity contribution in [1.29, 1.82) is 5.26 Å².